The molecule has 3 nitrogen and oxygen atoms in total. The molecule has 0 radical (unpaired) electrons. The van der Waals surface area contributed by atoms with Crippen LogP contribution in [-0.2, 0) is 6.42 Å². The van der Waals surface area contributed by atoms with Gasteiger partial charge in [0, 0.05) is 25.2 Å². The smallest absolute Gasteiger partial charge is 0.146 e. The van der Waals surface area contributed by atoms with E-state index < -0.39 is 0 Å². The molecule has 4 heteroatoms. The van der Waals surface area contributed by atoms with Crippen LogP contribution in [0.15, 0.2) is 18.2 Å². The Bertz CT molecular complexity index is 418. The summed E-state index contributed by atoms with van der Waals surface area (Å²) in [4.78, 5) is 4.22. The summed E-state index contributed by atoms with van der Waals surface area (Å²) < 4.78 is 14.3. The van der Waals surface area contributed by atoms with Crippen molar-refractivity contribution in [2.75, 3.05) is 32.1 Å². The predicted octanol–water partition coefficient (Wildman–Crippen LogP) is 2.49. The fraction of sp³-hybridized carbons (Fsp3) is 0.625. The Hall–Kier alpha value is -1.13. The van der Waals surface area contributed by atoms with Crippen molar-refractivity contribution in [2.45, 2.75) is 39.3 Å². The van der Waals surface area contributed by atoms with Gasteiger partial charge >= 0.3 is 0 Å². The lowest BCUT2D eigenvalue weighted by Gasteiger charge is -2.32. The second kappa shape index (κ2) is 7.60. The highest BCUT2D eigenvalue weighted by Crippen LogP contribution is 2.23. The van der Waals surface area contributed by atoms with E-state index in [1.165, 1.54) is 0 Å². The summed E-state index contributed by atoms with van der Waals surface area (Å²) in [5, 5.41) is 0. The van der Waals surface area contributed by atoms with Crippen LogP contribution in [-0.4, -0.2) is 44.2 Å². The minimum absolute atomic E-state index is 0.0511. The topological polar surface area (TPSA) is 32.5 Å². The quantitative estimate of drug-likeness (QED) is 0.833. The number of benzene rings is 1. The van der Waals surface area contributed by atoms with Crippen molar-refractivity contribution in [3.8, 4) is 0 Å². The van der Waals surface area contributed by atoms with Gasteiger partial charge in [-0.05, 0) is 59.0 Å². The van der Waals surface area contributed by atoms with Crippen LogP contribution in [0.3, 0.4) is 0 Å². The van der Waals surface area contributed by atoms with Crippen LogP contribution in [0.4, 0.5) is 10.1 Å². The Morgan fingerprint density at radius 1 is 1.25 bits per heavy atom. The molecule has 0 amide bonds. The van der Waals surface area contributed by atoms with Crippen LogP contribution in [0.5, 0.6) is 0 Å². The number of likely N-dealkylation sites (N-methyl/N-ethyl adjacent to an activating group) is 2. The molecular weight excluding hydrogens is 253 g/mol. The van der Waals surface area contributed by atoms with Crippen molar-refractivity contribution in [3.63, 3.8) is 0 Å². The van der Waals surface area contributed by atoms with Crippen LogP contribution >= 0.6 is 0 Å². The summed E-state index contributed by atoms with van der Waals surface area (Å²) in [7, 11) is 4.07. The van der Waals surface area contributed by atoms with E-state index in [1.54, 1.807) is 6.07 Å². The fourth-order valence-electron chi connectivity index (χ4n) is 2.63. The minimum atomic E-state index is -0.157. The maximum atomic E-state index is 14.3. The highest BCUT2D eigenvalue weighted by Gasteiger charge is 2.17. The Balaban J connectivity index is 2.93. The molecule has 2 N–H and O–H groups in total. The SMILES string of the molecule is CCN(c1ccc(CC(C)N)cc1F)C(C)CN(C)C. The van der Waals surface area contributed by atoms with Gasteiger partial charge in [-0.2, -0.15) is 0 Å². The number of rotatable bonds is 7. The molecule has 0 bridgehead atoms. The van der Waals surface area contributed by atoms with Gasteiger partial charge in [-0.25, -0.2) is 4.39 Å². The van der Waals surface area contributed by atoms with Crippen molar-refractivity contribution in [1.82, 2.24) is 4.90 Å². The van der Waals surface area contributed by atoms with Gasteiger partial charge in [-0.15, -0.1) is 0 Å². The molecule has 1 aromatic rings. The first-order valence-corrected chi connectivity index (χ1v) is 7.30. The largest absolute Gasteiger partial charge is 0.365 e. The standard InChI is InChI=1S/C16H28FN3/c1-6-20(13(3)11-19(4)5)16-8-7-14(9-12(2)18)10-15(16)17/h7-8,10,12-13H,6,9,11,18H2,1-5H3. The molecule has 1 aromatic carbocycles. The van der Waals surface area contributed by atoms with E-state index in [0.717, 1.165) is 18.7 Å². The first-order valence-electron chi connectivity index (χ1n) is 7.30. The third-order valence-corrected chi connectivity index (χ3v) is 3.38. The number of hydrogen-bond acceptors (Lipinski definition) is 3. The number of halogens is 1. The van der Waals surface area contributed by atoms with Gasteiger partial charge in [0.1, 0.15) is 5.82 Å². The molecule has 0 aliphatic heterocycles. The zero-order chi connectivity index (χ0) is 15.3. The van der Waals surface area contributed by atoms with Crippen LogP contribution in [0.25, 0.3) is 0 Å². The molecule has 0 aliphatic rings. The third kappa shape index (κ3) is 4.76. The number of anilines is 1. The summed E-state index contributed by atoms with van der Waals surface area (Å²) in [5.74, 6) is -0.157. The van der Waals surface area contributed by atoms with Crippen LogP contribution in [0.2, 0.25) is 0 Å². The van der Waals surface area contributed by atoms with Crippen molar-refractivity contribution in [2.24, 2.45) is 5.73 Å². The van der Waals surface area contributed by atoms with Gasteiger partial charge in [0.05, 0.1) is 5.69 Å². The molecule has 0 spiro atoms. The van der Waals surface area contributed by atoms with E-state index in [4.69, 9.17) is 5.73 Å². The number of hydrogen-bond donors (Lipinski definition) is 1. The molecule has 1 rings (SSSR count). The van der Waals surface area contributed by atoms with Crippen LogP contribution in [0, 0.1) is 5.82 Å². The molecule has 0 fully saturated rings. The average Bonchev–Trinajstić information content (AvgIpc) is 2.31. The Kier molecular flexibility index (Phi) is 6.43. The monoisotopic (exact) mass is 281 g/mol. The van der Waals surface area contributed by atoms with Gasteiger partial charge in [-0.3, -0.25) is 0 Å². The first-order chi connectivity index (χ1) is 9.35. The minimum Gasteiger partial charge on any atom is -0.365 e. The summed E-state index contributed by atoms with van der Waals surface area (Å²) in [6.07, 6.45) is 0.705. The van der Waals surface area contributed by atoms with E-state index in [2.05, 4.69) is 23.6 Å². The Morgan fingerprint density at radius 3 is 2.35 bits per heavy atom. The van der Waals surface area contributed by atoms with Crippen molar-refractivity contribution < 1.29 is 4.39 Å². The maximum absolute atomic E-state index is 14.3. The van der Waals surface area contributed by atoms with E-state index in [9.17, 15) is 4.39 Å². The molecule has 0 heterocycles. The number of nitrogens with two attached hydrogens (primary N) is 1. The first kappa shape index (κ1) is 16.9. The molecule has 114 valence electrons. The summed E-state index contributed by atoms with van der Waals surface area (Å²) >= 11 is 0. The Labute approximate surface area is 122 Å². The molecule has 2 unspecified atom stereocenters. The second-order valence-electron chi connectivity index (χ2n) is 5.86. The van der Waals surface area contributed by atoms with Crippen molar-refractivity contribution in [3.05, 3.63) is 29.6 Å². The molecule has 0 aliphatic carbocycles. The van der Waals surface area contributed by atoms with Crippen LogP contribution < -0.4 is 10.6 Å². The number of nitrogens with zero attached hydrogens (tertiary/aromatic N) is 2. The molecule has 0 saturated carbocycles. The Morgan fingerprint density at radius 2 is 1.90 bits per heavy atom. The highest BCUT2D eigenvalue weighted by molar-refractivity contribution is 5.50. The molecular formula is C16H28FN3. The van der Waals surface area contributed by atoms with E-state index >= 15 is 0 Å². The van der Waals surface area contributed by atoms with Gasteiger partial charge in [0.2, 0.25) is 0 Å². The van der Waals surface area contributed by atoms with E-state index in [-0.39, 0.29) is 17.9 Å². The molecule has 0 saturated heterocycles. The normalized spacial score (nSPS) is 14.4. The van der Waals surface area contributed by atoms with Gasteiger partial charge in [-0.1, -0.05) is 6.07 Å². The van der Waals surface area contributed by atoms with Crippen molar-refractivity contribution in [1.29, 1.82) is 0 Å². The summed E-state index contributed by atoms with van der Waals surface area (Å²) in [6.45, 7) is 7.80. The molecule has 2 atom stereocenters. The van der Waals surface area contributed by atoms with Gasteiger partial charge < -0.3 is 15.5 Å². The lowest BCUT2D eigenvalue weighted by atomic mass is 10.1. The predicted molar refractivity (Wildman–Crippen MR) is 84.8 cm³/mol. The van der Waals surface area contributed by atoms with Gasteiger partial charge in [0.25, 0.3) is 0 Å². The van der Waals surface area contributed by atoms with E-state index in [1.807, 2.05) is 33.2 Å². The zero-order valence-corrected chi connectivity index (χ0v) is 13.4. The summed E-state index contributed by atoms with van der Waals surface area (Å²) in [5.41, 5.74) is 7.40. The van der Waals surface area contributed by atoms with E-state index in [0.29, 0.717) is 12.1 Å². The summed E-state index contributed by atoms with van der Waals surface area (Å²) in [6, 6.07) is 5.79. The van der Waals surface area contributed by atoms with Crippen LogP contribution in [0.1, 0.15) is 26.3 Å². The molecule has 20 heavy (non-hydrogen) atoms. The van der Waals surface area contributed by atoms with Gasteiger partial charge in [0.15, 0.2) is 0 Å². The maximum Gasteiger partial charge on any atom is 0.146 e. The lowest BCUT2D eigenvalue weighted by Crippen LogP contribution is -2.40. The lowest BCUT2D eigenvalue weighted by molar-refractivity contribution is 0.371. The van der Waals surface area contributed by atoms with Crippen molar-refractivity contribution >= 4 is 5.69 Å². The zero-order valence-electron chi connectivity index (χ0n) is 13.4. The third-order valence-electron chi connectivity index (χ3n) is 3.38. The highest BCUT2D eigenvalue weighted by atomic mass is 19.1. The fourth-order valence-corrected chi connectivity index (χ4v) is 2.63. The average molecular weight is 281 g/mol. The second-order valence-corrected chi connectivity index (χ2v) is 5.86. The molecule has 0 aromatic heterocycles.